The Hall–Kier alpha value is -3.53. The van der Waals surface area contributed by atoms with Crippen molar-refractivity contribution >= 4 is 17.0 Å². The van der Waals surface area contributed by atoms with Gasteiger partial charge in [0.25, 0.3) is 0 Å². The van der Waals surface area contributed by atoms with Crippen LogP contribution in [0, 0.1) is 17.8 Å². The van der Waals surface area contributed by atoms with Gasteiger partial charge < -0.3 is 14.6 Å². The fourth-order valence-electron chi connectivity index (χ4n) is 6.25. The highest BCUT2D eigenvalue weighted by molar-refractivity contribution is 5.86. The summed E-state index contributed by atoms with van der Waals surface area (Å²) < 4.78 is 12.9. The van der Waals surface area contributed by atoms with Crippen LogP contribution in [0.1, 0.15) is 76.1 Å². The van der Waals surface area contributed by atoms with Gasteiger partial charge in [0.15, 0.2) is 11.5 Å². The highest BCUT2D eigenvalue weighted by Gasteiger charge is 2.30. The molecule has 2 aliphatic rings. The van der Waals surface area contributed by atoms with Crippen LogP contribution in [0.3, 0.4) is 0 Å². The molecule has 0 bridgehead atoms. The van der Waals surface area contributed by atoms with E-state index in [2.05, 4.69) is 58.1 Å². The average molecular weight is 546 g/mol. The van der Waals surface area contributed by atoms with Crippen molar-refractivity contribution in [3.63, 3.8) is 0 Å². The number of anilines is 1. The first-order valence-electron chi connectivity index (χ1n) is 14.6. The number of H-pyrrole nitrogens is 1. The van der Waals surface area contributed by atoms with Crippen molar-refractivity contribution in [3.8, 4) is 11.6 Å². The van der Waals surface area contributed by atoms with Gasteiger partial charge in [-0.1, -0.05) is 61.7 Å². The van der Waals surface area contributed by atoms with Crippen LogP contribution in [-0.2, 0) is 11.3 Å². The van der Waals surface area contributed by atoms with E-state index in [0.717, 1.165) is 35.2 Å². The molecule has 2 saturated carbocycles. The van der Waals surface area contributed by atoms with Crippen molar-refractivity contribution in [2.45, 2.75) is 77.3 Å². The highest BCUT2D eigenvalue weighted by Crippen LogP contribution is 2.37. The van der Waals surface area contributed by atoms with E-state index in [4.69, 9.17) is 24.2 Å². The van der Waals surface area contributed by atoms with Crippen LogP contribution in [0.4, 0.5) is 5.82 Å². The Labute approximate surface area is 234 Å². The van der Waals surface area contributed by atoms with E-state index >= 15 is 0 Å². The molecule has 0 saturated heterocycles. The van der Waals surface area contributed by atoms with Crippen molar-refractivity contribution < 1.29 is 9.26 Å². The summed E-state index contributed by atoms with van der Waals surface area (Å²) in [5, 5.41) is 7.59. The summed E-state index contributed by atoms with van der Waals surface area (Å²) in [6.07, 6.45) is 8.57. The maximum absolute atomic E-state index is 11.8. The Morgan fingerprint density at radius 3 is 2.52 bits per heavy atom. The van der Waals surface area contributed by atoms with Crippen LogP contribution in [0.25, 0.3) is 22.8 Å². The smallest absolute Gasteiger partial charge is 0.384 e. The van der Waals surface area contributed by atoms with Gasteiger partial charge in [-0.15, -0.1) is 0 Å². The number of methoxy groups -OCH3 is 1. The number of aromatic amines is 1. The summed E-state index contributed by atoms with van der Waals surface area (Å²) in [5.41, 5.74) is 2.62. The minimum atomic E-state index is -0.641. The molecule has 3 heterocycles. The lowest BCUT2D eigenvalue weighted by Crippen LogP contribution is -2.31. The second-order valence-electron chi connectivity index (χ2n) is 11.8. The molecule has 40 heavy (non-hydrogen) atoms. The molecule has 3 aromatic heterocycles. The first-order valence-corrected chi connectivity index (χ1v) is 14.6. The largest absolute Gasteiger partial charge is 0.439 e. The average Bonchev–Trinajstić information content (AvgIpc) is 3.51. The fraction of sp³-hybridized carbons (Fsp3) is 0.567. The molecule has 10 heteroatoms. The maximum Gasteiger partial charge on any atom is 0.439 e. The minimum Gasteiger partial charge on any atom is -0.384 e. The van der Waals surface area contributed by atoms with Crippen molar-refractivity contribution in [3.05, 3.63) is 52.3 Å². The third-order valence-electron chi connectivity index (χ3n) is 8.93. The number of rotatable bonds is 10. The van der Waals surface area contributed by atoms with E-state index in [1.54, 1.807) is 7.11 Å². The number of imidazole rings is 1. The van der Waals surface area contributed by atoms with Crippen LogP contribution in [0.15, 0.2) is 39.6 Å². The first kappa shape index (κ1) is 26.7. The van der Waals surface area contributed by atoms with E-state index in [0.29, 0.717) is 24.1 Å². The van der Waals surface area contributed by atoms with E-state index < -0.39 is 5.76 Å². The van der Waals surface area contributed by atoms with E-state index in [1.165, 1.54) is 44.9 Å². The number of hydrogen-bond acceptors (Lipinski definition) is 8. The predicted octanol–water partition coefficient (Wildman–Crippen LogP) is 5.37. The lowest BCUT2D eigenvalue weighted by molar-refractivity contribution is 0.184. The molecule has 1 unspecified atom stereocenters. The molecule has 6 rings (SSSR count). The minimum absolute atomic E-state index is 0.0740. The van der Waals surface area contributed by atoms with Crippen molar-refractivity contribution in [1.29, 1.82) is 0 Å². The molecule has 0 amide bonds. The molecule has 0 radical (unpaired) electrons. The Morgan fingerprint density at radius 2 is 1.88 bits per heavy atom. The van der Waals surface area contributed by atoms with Gasteiger partial charge in [-0.2, -0.15) is 0 Å². The zero-order chi connectivity index (χ0) is 27.6. The number of nitrogens with one attached hydrogen (secondary N) is 2. The molecule has 0 aliphatic heterocycles. The standard InChI is InChI=1S/C30H39N7O3/c1-18-12-14-20(15-13-18)16-37-24-25(31-19(2)21-10-7-11-21)32-27(28-35-30(38)40-36-28)33-26(24)34-29(37)23(17-39-3)22-8-5-4-6-9-22/h4-6,8-9,18-21,23H,7,10-17H2,1-3H3,(H,31,32,33)(H,35,36,38)/t18?,19-,20?,23?/m1/s1. The summed E-state index contributed by atoms with van der Waals surface area (Å²) >= 11 is 0. The number of benzene rings is 1. The van der Waals surface area contributed by atoms with Gasteiger partial charge in [-0.05, 0) is 55.9 Å². The second-order valence-corrected chi connectivity index (χ2v) is 11.8. The maximum atomic E-state index is 11.8. The van der Waals surface area contributed by atoms with Gasteiger partial charge >= 0.3 is 5.76 Å². The lowest BCUT2D eigenvalue weighted by atomic mass is 9.80. The Balaban J connectivity index is 1.52. The Bertz CT molecular complexity index is 1480. The third kappa shape index (κ3) is 5.41. The van der Waals surface area contributed by atoms with E-state index in [-0.39, 0.29) is 23.6 Å². The number of aromatic nitrogens is 6. The number of ether oxygens (including phenoxy) is 1. The first-order chi connectivity index (χ1) is 19.5. The number of hydrogen-bond donors (Lipinski definition) is 2. The molecular weight excluding hydrogens is 506 g/mol. The van der Waals surface area contributed by atoms with Gasteiger partial charge in [-0.3, -0.25) is 9.51 Å². The summed E-state index contributed by atoms with van der Waals surface area (Å²) in [7, 11) is 1.73. The summed E-state index contributed by atoms with van der Waals surface area (Å²) in [6.45, 7) is 5.91. The van der Waals surface area contributed by atoms with Gasteiger partial charge in [0, 0.05) is 19.7 Å². The number of fused-ring (bicyclic) bond motifs is 1. The summed E-state index contributed by atoms with van der Waals surface area (Å²) in [4.78, 5) is 29.3. The van der Waals surface area contributed by atoms with E-state index in [1.807, 2.05) is 6.07 Å². The molecule has 0 spiro atoms. The van der Waals surface area contributed by atoms with Crippen LogP contribution < -0.4 is 11.1 Å². The molecule has 1 aromatic carbocycles. The molecule has 4 aromatic rings. The Morgan fingerprint density at radius 1 is 1.10 bits per heavy atom. The lowest BCUT2D eigenvalue weighted by Gasteiger charge is -2.32. The summed E-state index contributed by atoms with van der Waals surface area (Å²) in [5.74, 6) is 3.32. The quantitative estimate of drug-likeness (QED) is 0.272. The molecule has 2 aliphatic carbocycles. The zero-order valence-electron chi connectivity index (χ0n) is 23.6. The topological polar surface area (TPSA) is 124 Å². The summed E-state index contributed by atoms with van der Waals surface area (Å²) in [6, 6.07) is 10.6. The van der Waals surface area contributed by atoms with Crippen molar-refractivity contribution in [2.24, 2.45) is 17.8 Å². The van der Waals surface area contributed by atoms with Crippen molar-refractivity contribution in [1.82, 2.24) is 29.7 Å². The highest BCUT2D eigenvalue weighted by atomic mass is 16.5. The van der Waals surface area contributed by atoms with Crippen LogP contribution in [-0.4, -0.2) is 49.4 Å². The second kappa shape index (κ2) is 11.5. The van der Waals surface area contributed by atoms with Crippen LogP contribution in [0.2, 0.25) is 0 Å². The Kier molecular flexibility index (Phi) is 7.69. The van der Waals surface area contributed by atoms with Gasteiger partial charge in [0.1, 0.15) is 11.3 Å². The van der Waals surface area contributed by atoms with Gasteiger partial charge in [0.2, 0.25) is 11.6 Å². The SMILES string of the molecule is COCC(c1ccccc1)c1nc2nc(-c3noc(=O)[nH]3)nc(N[C@H](C)C3CCC3)c2n1CC1CCC(C)CC1. The monoisotopic (exact) mass is 545 g/mol. The normalized spacial score (nSPS) is 21.3. The molecule has 2 atom stereocenters. The predicted molar refractivity (Wildman–Crippen MR) is 153 cm³/mol. The van der Waals surface area contributed by atoms with Gasteiger partial charge in [-0.25, -0.2) is 19.7 Å². The fourth-order valence-corrected chi connectivity index (χ4v) is 6.25. The molecule has 2 N–H and O–H groups in total. The molecule has 2 fully saturated rings. The number of nitrogens with zero attached hydrogens (tertiary/aromatic N) is 5. The molecule has 212 valence electrons. The van der Waals surface area contributed by atoms with Crippen LogP contribution in [0.5, 0.6) is 0 Å². The van der Waals surface area contributed by atoms with E-state index in [9.17, 15) is 4.79 Å². The van der Waals surface area contributed by atoms with Crippen molar-refractivity contribution in [2.75, 3.05) is 19.0 Å². The van der Waals surface area contributed by atoms with Gasteiger partial charge in [0.05, 0.1) is 12.5 Å². The molecular formula is C30H39N7O3. The molecule has 10 nitrogen and oxygen atoms in total. The third-order valence-corrected chi connectivity index (χ3v) is 8.93. The zero-order valence-corrected chi connectivity index (χ0v) is 23.6. The van der Waals surface area contributed by atoms with Crippen LogP contribution >= 0.6 is 0 Å².